The SMILES string of the molecule is CCCCCCCC(C#N)S(=O)(=O)N(CCCCCCCCCC#N)CCCCCCCCCC#N. The lowest BCUT2D eigenvalue weighted by molar-refractivity contribution is 0.378. The summed E-state index contributed by atoms with van der Waals surface area (Å²) in [5.41, 5.74) is 0. The lowest BCUT2D eigenvalue weighted by atomic mass is 10.1. The van der Waals surface area contributed by atoms with Gasteiger partial charge < -0.3 is 0 Å². The fourth-order valence-electron chi connectivity index (χ4n) is 4.51. The average molecular weight is 521 g/mol. The van der Waals surface area contributed by atoms with Gasteiger partial charge in [0, 0.05) is 25.9 Å². The predicted octanol–water partition coefficient (Wildman–Crippen LogP) is 8.16. The normalized spacial score (nSPS) is 12.2. The Kier molecular flexibility index (Phi) is 23.9. The van der Waals surface area contributed by atoms with Crippen LogP contribution in [-0.4, -0.2) is 31.1 Å². The number of hydrogen-bond acceptors (Lipinski definition) is 5. The first-order chi connectivity index (χ1) is 17.5. The van der Waals surface area contributed by atoms with Crippen LogP contribution in [0.3, 0.4) is 0 Å². The summed E-state index contributed by atoms with van der Waals surface area (Å²) < 4.78 is 28.3. The van der Waals surface area contributed by atoms with Gasteiger partial charge in [0.1, 0.15) is 0 Å². The molecule has 0 saturated carbocycles. The van der Waals surface area contributed by atoms with Crippen LogP contribution in [-0.2, 0) is 10.0 Å². The molecule has 0 aromatic heterocycles. The van der Waals surface area contributed by atoms with E-state index in [2.05, 4.69) is 25.1 Å². The Hall–Kier alpha value is -1.62. The fourth-order valence-corrected chi connectivity index (χ4v) is 6.24. The van der Waals surface area contributed by atoms with Crippen LogP contribution in [0.1, 0.15) is 148 Å². The molecule has 0 fully saturated rings. The van der Waals surface area contributed by atoms with Crippen LogP contribution in [0.4, 0.5) is 0 Å². The molecule has 1 unspecified atom stereocenters. The maximum Gasteiger partial charge on any atom is 0.230 e. The Bertz CT molecular complexity index is 702. The highest BCUT2D eigenvalue weighted by molar-refractivity contribution is 7.90. The van der Waals surface area contributed by atoms with Gasteiger partial charge in [-0.3, -0.25) is 0 Å². The Labute approximate surface area is 223 Å². The Morgan fingerprint density at radius 3 is 1.39 bits per heavy atom. The summed E-state index contributed by atoms with van der Waals surface area (Å²) in [6.07, 6.45) is 21.4. The van der Waals surface area contributed by atoms with E-state index in [0.29, 0.717) is 32.4 Å². The number of unbranched alkanes of at least 4 members (excludes halogenated alkanes) is 18. The van der Waals surface area contributed by atoms with Crippen LogP contribution < -0.4 is 0 Å². The molecule has 0 aliphatic heterocycles. The van der Waals surface area contributed by atoms with Gasteiger partial charge in [0.05, 0.1) is 18.2 Å². The van der Waals surface area contributed by atoms with Gasteiger partial charge >= 0.3 is 0 Å². The van der Waals surface area contributed by atoms with Crippen molar-refractivity contribution < 1.29 is 8.42 Å². The minimum Gasteiger partial charge on any atom is -0.211 e. The zero-order chi connectivity index (χ0) is 26.7. The van der Waals surface area contributed by atoms with Crippen LogP contribution in [0, 0.1) is 34.0 Å². The molecule has 0 saturated heterocycles. The molecule has 6 nitrogen and oxygen atoms in total. The number of rotatable bonds is 26. The molecular formula is C29H52N4O2S. The Balaban J connectivity index is 4.62. The molecule has 0 spiro atoms. The molecule has 1 atom stereocenters. The highest BCUT2D eigenvalue weighted by Crippen LogP contribution is 2.19. The second kappa shape index (κ2) is 25.0. The molecule has 0 bridgehead atoms. The van der Waals surface area contributed by atoms with Gasteiger partial charge in [-0.1, -0.05) is 103 Å². The Morgan fingerprint density at radius 1 is 0.583 bits per heavy atom. The first-order valence-corrected chi connectivity index (χ1v) is 16.2. The van der Waals surface area contributed by atoms with Crippen molar-refractivity contribution in [3.8, 4) is 18.2 Å². The molecule has 0 amide bonds. The first-order valence-electron chi connectivity index (χ1n) is 14.7. The Morgan fingerprint density at radius 2 is 0.972 bits per heavy atom. The molecule has 36 heavy (non-hydrogen) atoms. The first kappa shape index (κ1) is 34.4. The molecule has 0 aliphatic carbocycles. The summed E-state index contributed by atoms with van der Waals surface area (Å²) >= 11 is 0. The van der Waals surface area contributed by atoms with Crippen molar-refractivity contribution in [3.05, 3.63) is 0 Å². The monoisotopic (exact) mass is 520 g/mol. The smallest absolute Gasteiger partial charge is 0.211 e. The van der Waals surface area contributed by atoms with Crippen LogP contribution >= 0.6 is 0 Å². The minimum atomic E-state index is -3.61. The second-order valence-electron chi connectivity index (χ2n) is 10.0. The average Bonchev–Trinajstić information content (AvgIpc) is 2.87. The zero-order valence-electron chi connectivity index (χ0n) is 23.1. The largest absolute Gasteiger partial charge is 0.230 e. The van der Waals surface area contributed by atoms with Crippen LogP contribution in [0.5, 0.6) is 0 Å². The van der Waals surface area contributed by atoms with Crippen LogP contribution in [0.15, 0.2) is 0 Å². The maximum atomic E-state index is 13.4. The third kappa shape index (κ3) is 18.6. The third-order valence-electron chi connectivity index (χ3n) is 6.83. The van der Waals surface area contributed by atoms with Crippen molar-refractivity contribution in [2.24, 2.45) is 0 Å². The topological polar surface area (TPSA) is 109 Å². The molecule has 0 aromatic rings. The molecular weight excluding hydrogens is 468 g/mol. The standard InChI is InChI=1S/C29H52N4O2S/c1-2-3-4-13-18-23-29(28-32)36(34,35)33(26-21-16-11-7-5-9-14-19-24-30)27-22-17-12-8-6-10-15-20-25-31/h29H,2-23,26-27H2,1H3. The summed E-state index contributed by atoms with van der Waals surface area (Å²) in [4.78, 5) is 0. The molecule has 0 aliphatic rings. The van der Waals surface area contributed by atoms with Gasteiger partial charge in [0.25, 0.3) is 0 Å². The van der Waals surface area contributed by atoms with E-state index < -0.39 is 15.3 Å². The minimum absolute atomic E-state index is 0.435. The van der Waals surface area contributed by atoms with Gasteiger partial charge in [-0.2, -0.15) is 15.8 Å². The van der Waals surface area contributed by atoms with Crippen molar-refractivity contribution >= 4 is 10.0 Å². The third-order valence-corrected chi connectivity index (χ3v) is 8.97. The summed E-state index contributed by atoms with van der Waals surface area (Å²) in [6, 6.07) is 6.47. The number of nitrogens with zero attached hydrogens (tertiary/aromatic N) is 4. The lowest BCUT2D eigenvalue weighted by Crippen LogP contribution is -2.39. The van der Waals surface area contributed by atoms with Crippen molar-refractivity contribution in [1.29, 1.82) is 15.8 Å². The number of hydrogen-bond donors (Lipinski definition) is 0. The number of nitriles is 3. The van der Waals surface area contributed by atoms with E-state index in [-0.39, 0.29) is 0 Å². The van der Waals surface area contributed by atoms with Crippen molar-refractivity contribution in [3.63, 3.8) is 0 Å². The van der Waals surface area contributed by atoms with E-state index in [4.69, 9.17) is 10.5 Å². The van der Waals surface area contributed by atoms with Crippen molar-refractivity contribution in [2.45, 2.75) is 153 Å². The van der Waals surface area contributed by atoms with Crippen LogP contribution in [0.2, 0.25) is 0 Å². The fraction of sp³-hybridized carbons (Fsp3) is 0.897. The summed E-state index contributed by atoms with van der Waals surface area (Å²) in [6.45, 7) is 3.18. The molecule has 206 valence electrons. The van der Waals surface area contributed by atoms with E-state index in [1.165, 1.54) is 0 Å². The van der Waals surface area contributed by atoms with E-state index in [0.717, 1.165) is 122 Å². The van der Waals surface area contributed by atoms with E-state index in [9.17, 15) is 13.7 Å². The highest BCUT2D eigenvalue weighted by atomic mass is 32.2. The van der Waals surface area contributed by atoms with Crippen LogP contribution in [0.25, 0.3) is 0 Å². The van der Waals surface area contributed by atoms with Crippen molar-refractivity contribution in [1.82, 2.24) is 4.31 Å². The van der Waals surface area contributed by atoms with E-state index >= 15 is 0 Å². The number of sulfonamides is 1. The summed E-state index contributed by atoms with van der Waals surface area (Å²) in [7, 11) is -3.61. The lowest BCUT2D eigenvalue weighted by Gasteiger charge is -2.25. The predicted molar refractivity (Wildman–Crippen MR) is 148 cm³/mol. The zero-order valence-corrected chi connectivity index (χ0v) is 23.9. The quantitative estimate of drug-likeness (QED) is 0.107. The molecule has 0 rings (SSSR count). The molecule has 0 aromatic carbocycles. The van der Waals surface area contributed by atoms with Gasteiger partial charge in [0.15, 0.2) is 5.25 Å². The second-order valence-corrected chi connectivity index (χ2v) is 12.1. The maximum absolute atomic E-state index is 13.4. The van der Waals surface area contributed by atoms with Crippen molar-refractivity contribution in [2.75, 3.05) is 13.1 Å². The van der Waals surface area contributed by atoms with Gasteiger partial charge in [-0.25, -0.2) is 12.7 Å². The van der Waals surface area contributed by atoms with E-state index in [1.54, 1.807) is 4.31 Å². The molecule has 0 radical (unpaired) electrons. The highest BCUT2D eigenvalue weighted by Gasteiger charge is 2.31. The molecule has 0 heterocycles. The van der Waals surface area contributed by atoms with Gasteiger partial charge in [-0.05, 0) is 32.1 Å². The van der Waals surface area contributed by atoms with E-state index in [1.807, 2.05) is 0 Å². The summed E-state index contributed by atoms with van der Waals surface area (Å²) in [5, 5.41) is 26.0. The summed E-state index contributed by atoms with van der Waals surface area (Å²) in [5.74, 6) is 0. The molecule has 7 heteroatoms. The van der Waals surface area contributed by atoms with Gasteiger partial charge in [-0.15, -0.1) is 0 Å². The molecule has 0 N–H and O–H groups in total. The van der Waals surface area contributed by atoms with Gasteiger partial charge in [0.2, 0.25) is 10.0 Å².